The third kappa shape index (κ3) is 2.35. The van der Waals surface area contributed by atoms with E-state index in [1.54, 1.807) is 12.4 Å². The van der Waals surface area contributed by atoms with E-state index < -0.39 is 5.66 Å². The molecule has 5 aromatic rings. The lowest BCUT2D eigenvalue weighted by molar-refractivity contribution is 0.553. The van der Waals surface area contributed by atoms with Gasteiger partial charge >= 0.3 is 0 Å². The monoisotopic (exact) mass is 385 g/mol. The van der Waals surface area contributed by atoms with Crippen LogP contribution in [0.15, 0.2) is 106 Å². The van der Waals surface area contributed by atoms with Crippen molar-refractivity contribution in [1.29, 1.82) is 0 Å². The fraction of sp³-hybridized carbons (Fsp3) is 0.0741. The SMILES string of the molecule is Cc1cc2ccc3ccc(C4(c5ccccc5)N=CC=CN=N4)c4ccc(c1)c2c34. The zero-order valence-electron chi connectivity index (χ0n) is 16.6. The number of azo groups is 1. The lowest BCUT2D eigenvalue weighted by Crippen LogP contribution is -2.23. The standard InChI is InChI=1S/C27H19N3/c1-18-16-20-9-8-19-11-13-24(23-12-10-21(17-18)25(20)26(19)23)27(22-6-3-2-4-7-22)28-14-5-15-29-30-27/h2-17H,1H3. The lowest BCUT2D eigenvalue weighted by Gasteiger charge is -2.27. The van der Waals surface area contributed by atoms with Crippen LogP contribution in [-0.4, -0.2) is 6.21 Å². The van der Waals surface area contributed by atoms with Gasteiger partial charge in [-0.3, -0.25) is 4.99 Å². The Kier molecular flexibility index (Phi) is 3.59. The summed E-state index contributed by atoms with van der Waals surface area (Å²) in [7, 11) is 0. The molecule has 5 aromatic carbocycles. The summed E-state index contributed by atoms with van der Waals surface area (Å²) in [4.78, 5) is 4.92. The van der Waals surface area contributed by atoms with Crippen molar-refractivity contribution in [2.75, 3.05) is 0 Å². The maximum Gasteiger partial charge on any atom is 0.222 e. The molecular weight excluding hydrogens is 366 g/mol. The molecule has 0 bridgehead atoms. The highest BCUT2D eigenvalue weighted by Crippen LogP contribution is 2.44. The van der Waals surface area contributed by atoms with Crippen LogP contribution in [0.4, 0.5) is 0 Å². The molecule has 0 spiro atoms. The minimum absolute atomic E-state index is 0.914. The zero-order valence-corrected chi connectivity index (χ0v) is 16.6. The molecule has 1 aliphatic rings. The van der Waals surface area contributed by atoms with Crippen molar-refractivity contribution < 1.29 is 0 Å². The number of allylic oxidation sites excluding steroid dienone is 1. The second kappa shape index (κ2) is 6.33. The van der Waals surface area contributed by atoms with Crippen molar-refractivity contribution in [2.45, 2.75) is 12.6 Å². The number of nitrogens with zero attached hydrogens (tertiary/aromatic N) is 3. The van der Waals surface area contributed by atoms with Gasteiger partial charge in [-0.05, 0) is 50.9 Å². The third-order valence-electron chi connectivity index (χ3n) is 6.00. The summed E-state index contributed by atoms with van der Waals surface area (Å²) in [5.74, 6) is 0. The Labute approximate surface area is 174 Å². The molecule has 3 heteroatoms. The van der Waals surface area contributed by atoms with Crippen LogP contribution in [0.1, 0.15) is 16.7 Å². The fourth-order valence-corrected chi connectivity index (χ4v) is 4.73. The molecule has 1 atom stereocenters. The molecule has 0 N–H and O–H groups in total. The number of benzene rings is 5. The second-order valence-electron chi connectivity index (χ2n) is 7.85. The Balaban J connectivity index is 1.77. The van der Waals surface area contributed by atoms with E-state index in [2.05, 4.69) is 72.7 Å². The van der Waals surface area contributed by atoms with E-state index in [-0.39, 0.29) is 0 Å². The summed E-state index contributed by atoms with van der Waals surface area (Å²) in [6.07, 6.45) is 5.31. The maximum absolute atomic E-state index is 4.92. The highest BCUT2D eigenvalue weighted by Gasteiger charge is 2.36. The molecule has 0 saturated heterocycles. The average molecular weight is 385 g/mol. The van der Waals surface area contributed by atoms with Crippen LogP contribution >= 0.6 is 0 Å². The Morgan fingerprint density at radius 3 is 2.30 bits per heavy atom. The molecule has 1 aliphatic heterocycles. The van der Waals surface area contributed by atoms with Crippen LogP contribution < -0.4 is 0 Å². The van der Waals surface area contributed by atoms with E-state index in [9.17, 15) is 0 Å². The Morgan fingerprint density at radius 2 is 1.47 bits per heavy atom. The van der Waals surface area contributed by atoms with Crippen molar-refractivity contribution in [3.05, 3.63) is 108 Å². The molecule has 0 aromatic heterocycles. The van der Waals surface area contributed by atoms with E-state index in [0.717, 1.165) is 16.5 Å². The average Bonchev–Trinajstić information content (AvgIpc) is 3.04. The van der Waals surface area contributed by atoms with E-state index in [1.165, 1.54) is 32.5 Å². The van der Waals surface area contributed by atoms with Crippen molar-refractivity contribution in [3.63, 3.8) is 0 Å². The smallest absolute Gasteiger partial charge is 0.222 e. The first-order valence-corrected chi connectivity index (χ1v) is 10.1. The molecule has 0 aliphatic carbocycles. The highest BCUT2D eigenvalue weighted by atomic mass is 15.2. The minimum Gasteiger partial charge on any atom is -0.252 e. The van der Waals surface area contributed by atoms with Gasteiger partial charge in [0.25, 0.3) is 0 Å². The first kappa shape index (κ1) is 17.0. The van der Waals surface area contributed by atoms with E-state index in [0.29, 0.717) is 0 Å². The summed E-state index contributed by atoms with van der Waals surface area (Å²) >= 11 is 0. The molecule has 3 nitrogen and oxygen atoms in total. The fourth-order valence-electron chi connectivity index (χ4n) is 4.73. The minimum atomic E-state index is -0.914. The first-order valence-electron chi connectivity index (χ1n) is 10.1. The van der Waals surface area contributed by atoms with Crippen LogP contribution in [0.3, 0.4) is 0 Å². The number of hydrogen-bond acceptors (Lipinski definition) is 3. The molecule has 1 heterocycles. The summed E-state index contributed by atoms with van der Waals surface area (Å²) < 4.78 is 0. The number of hydrogen-bond donors (Lipinski definition) is 0. The van der Waals surface area contributed by atoms with Gasteiger partial charge in [0.2, 0.25) is 5.66 Å². The number of aliphatic imine (C=N–C) groups is 1. The number of rotatable bonds is 2. The van der Waals surface area contributed by atoms with Crippen LogP contribution in [0.25, 0.3) is 32.3 Å². The van der Waals surface area contributed by atoms with Crippen molar-refractivity contribution in [2.24, 2.45) is 15.2 Å². The molecule has 0 radical (unpaired) electrons. The summed E-state index contributed by atoms with van der Waals surface area (Å²) in [5.41, 5.74) is 2.40. The zero-order chi connectivity index (χ0) is 20.1. The Bertz CT molecular complexity index is 1460. The molecule has 0 amide bonds. The van der Waals surface area contributed by atoms with Crippen LogP contribution in [0.2, 0.25) is 0 Å². The van der Waals surface area contributed by atoms with Gasteiger partial charge in [-0.15, -0.1) is 5.11 Å². The maximum atomic E-state index is 4.92. The van der Waals surface area contributed by atoms with E-state index in [1.807, 2.05) is 24.3 Å². The molecule has 0 saturated carbocycles. The molecular formula is C27H19N3. The molecule has 30 heavy (non-hydrogen) atoms. The second-order valence-corrected chi connectivity index (χ2v) is 7.85. The van der Waals surface area contributed by atoms with Crippen molar-refractivity contribution in [3.8, 4) is 0 Å². The van der Waals surface area contributed by atoms with Gasteiger partial charge in [0.15, 0.2) is 0 Å². The third-order valence-corrected chi connectivity index (χ3v) is 6.00. The van der Waals surface area contributed by atoms with Gasteiger partial charge < -0.3 is 0 Å². The van der Waals surface area contributed by atoms with Gasteiger partial charge in [-0.1, -0.05) is 78.9 Å². The van der Waals surface area contributed by atoms with Crippen molar-refractivity contribution in [1.82, 2.24) is 0 Å². The van der Waals surface area contributed by atoms with Gasteiger partial charge in [-0.2, -0.15) is 5.11 Å². The van der Waals surface area contributed by atoms with Gasteiger partial charge in [0, 0.05) is 17.3 Å². The quantitative estimate of drug-likeness (QED) is 0.290. The van der Waals surface area contributed by atoms with Crippen LogP contribution in [0, 0.1) is 6.92 Å². The summed E-state index contributed by atoms with van der Waals surface area (Å²) in [6.45, 7) is 2.15. The predicted octanol–water partition coefficient (Wildman–Crippen LogP) is 7.14. The predicted molar refractivity (Wildman–Crippen MR) is 125 cm³/mol. The van der Waals surface area contributed by atoms with Crippen molar-refractivity contribution >= 4 is 38.5 Å². The summed E-state index contributed by atoms with van der Waals surface area (Å²) in [6, 6.07) is 27.9. The molecule has 142 valence electrons. The number of aryl methyl sites for hydroxylation is 1. The molecule has 0 fully saturated rings. The Morgan fingerprint density at radius 1 is 0.733 bits per heavy atom. The topological polar surface area (TPSA) is 37.1 Å². The molecule has 6 rings (SSSR count). The largest absolute Gasteiger partial charge is 0.252 e. The lowest BCUT2D eigenvalue weighted by atomic mass is 9.84. The normalized spacial score (nSPS) is 18.6. The van der Waals surface area contributed by atoms with Gasteiger partial charge in [-0.25, -0.2) is 0 Å². The molecule has 1 unspecified atom stereocenters. The highest BCUT2D eigenvalue weighted by molar-refractivity contribution is 6.23. The van der Waals surface area contributed by atoms with Crippen LogP contribution in [-0.2, 0) is 5.66 Å². The summed E-state index contributed by atoms with van der Waals surface area (Å²) in [5, 5.41) is 16.5. The van der Waals surface area contributed by atoms with E-state index in [4.69, 9.17) is 10.1 Å². The van der Waals surface area contributed by atoms with Crippen LogP contribution in [0.5, 0.6) is 0 Å². The van der Waals surface area contributed by atoms with Gasteiger partial charge in [0.1, 0.15) is 0 Å². The first-order chi connectivity index (χ1) is 14.8. The van der Waals surface area contributed by atoms with Gasteiger partial charge in [0.05, 0.1) is 6.20 Å². The Hall–Kier alpha value is -3.85. The van der Waals surface area contributed by atoms with E-state index >= 15 is 0 Å².